The van der Waals surface area contributed by atoms with Gasteiger partial charge in [0.15, 0.2) is 0 Å². The Hall–Kier alpha value is -3.38. The minimum absolute atomic E-state index is 0.139. The van der Waals surface area contributed by atoms with Gasteiger partial charge in [-0.05, 0) is 67.3 Å². The van der Waals surface area contributed by atoms with Crippen LogP contribution >= 0.6 is 11.3 Å². The summed E-state index contributed by atoms with van der Waals surface area (Å²) in [6.07, 6.45) is -0.768. The number of rotatable bonds is 6. The third-order valence-electron chi connectivity index (χ3n) is 6.95. The molecule has 202 valence electrons. The van der Waals surface area contributed by atoms with E-state index in [9.17, 15) is 23.1 Å². The minimum atomic E-state index is -4.76. The Balaban J connectivity index is 1.27. The molecule has 0 spiro atoms. The summed E-state index contributed by atoms with van der Waals surface area (Å²) in [6.45, 7) is 1.41. The third-order valence-corrected chi connectivity index (χ3v) is 7.86. The van der Waals surface area contributed by atoms with E-state index in [1.54, 1.807) is 6.07 Å². The molecule has 0 saturated heterocycles. The number of halogens is 3. The summed E-state index contributed by atoms with van der Waals surface area (Å²) in [6, 6.07) is 9.50. The molecule has 0 radical (unpaired) electrons. The number of thiazole rings is 1. The van der Waals surface area contributed by atoms with Crippen LogP contribution < -0.4 is 15.4 Å². The van der Waals surface area contributed by atoms with Crippen molar-refractivity contribution in [1.82, 2.24) is 15.2 Å². The van der Waals surface area contributed by atoms with E-state index < -0.39 is 6.36 Å². The number of hydrogen-bond donors (Lipinski definition) is 3. The standard InChI is InChI=1S/C26H28F3N5O3S/c1-34-13-18-7-6-17(23(36)30-12-15-2-4-16(14-35)5-3-15)10-21(18)31-24(34)33-25-32-20-9-8-19(11-22(20)38-25)37-26(27,28)29/h6-11,15-16,35H,2-5,12-14H2,1H3,(H,30,36)(H,31,32,33). The summed E-state index contributed by atoms with van der Waals surface area (Å²) in [4.78, 5) is 23.7. The Kier molecular flexibility index (Phi) is 7.44. The van der Waals surface area contributed by atoms with Crippen LogP contribution in [0.3, 0.4) is 0 Å². The van der Waals surface area contributed by atoms with Gasteiger partial charge in [-0.25, -0.2) is 4.98 Å². The Bertz CT molecular complexity index is 1350. The number of carbonyl (C=O) groups excluding carboxylic acids is 1. The zero-order chi connectivity index (χ0) is 26.9. The number of aliphatic imine (C=N–C) groups is 1. The third kappa shape index (κ3) is 6.18. The summed E-state index contributed by atoms with van der Waals surface area (Å²) < 4.78 is 42.2. The maximum Gasteiger partial charge on any atom is 0.573 e. The number of aliphatic hydroxyl groups excluding tert-OH is 1. The smallest absolute Gasteiger partial charge is 0.406 e. The fraction of sp³-hybridized carbons (Fsp3) is 0.423. The van der Waals surface area contributed by atoms with Crippen LogP contribution in [0.1, 0.15) is 41.6 Å². The highest BCUT2D eigenvalue weighted by molar-refractivity contribution is 7.22. The summed E-state index contributed by atoms with van der Waals surface area (Å²) in [5.74, 6) is 0.875. The van der Waals surface area contributed by atoms with E-state index in [-0.39, 0.29) is 18.3 Å². The number of fused-ring (bicyclic) bond motifs is 2. The molecule has 1 amide bonds. The molecule has 1 saturated carbocycles. The van der Waals surface area contributed by atoms with Crippen molar-refractivity contribution in [1.29, 1.82) is 0 Å². The lowest BCUT2D eigenvalue weighted by Gasteiger charge is -2.29. The van der Waals surface area contributed by atoms with E-state index in [0.29, 0.717) is 51.8 Å². The largest absolute Gasteiger partial charge is 0.573 e. The van der Waals surface area contributed by atoms with Gasteiger partial charge in [-0.15, -0.1) is 13.2 Å². The average Bonchev–Trinajstić information content (AvgIpc) is 3.28. The van der Waals surface area contributed by atoms with Crippen LogP contribution in [0.15, 0.2) is 41.4 Å². The van der Waals surface area contributed by atoms with Gasteiger partial charge in [0.2, 0.25) is 11.1 Å². The first kappa shape index (κ1) is 26.2. The quantitative estimate of drug-likeness (QED) is 0.389. The number of amides is 1. The molecule has 2 aromatic carbocycles. The second-order valence-electron chi connectivity index (χ2n) is 9.74. The van der Waals surface area contributed by atoms with Gasteiger partial charge < -0.3 is 25.4 Å². The lowest BCUT2D eigenvalue weighted by atomic mass is 9.82. The van der Waals surface area contributed by atoms with Crippen LogP contribution in [-0.4, -0.2) is 53.4 Å². The Morgan fingerprint density at radius 3 is 2.71 bits per heavy atom. The molecule has 1 aromatic heterocycles. The normalized spacial score (nSPS) is 20.8. The first-order valence-electron chi connectivity index (χ1n) is 12.4. The molecule has 38 heavy (non-hydrogen) atoms. The molecule has 2 heterocycles. The molecule has 1 aliphatic heterocycles. The maximum atomic E-state index is 12.8. The van der Waals surface area contributed by atoms with E-state index in [1.165, 1.54) is 18.2 Å². The highest BCUT2D eigenvalue weighted by Gasteiger charge is 2.31. The molecule has 0 atom stereocenters. The van der Waals surface area contributed by atoms with E-state index in [2.05, 4.69) is 25.3 Å². The first-order chi connectivity index (χ1) is 18.2. The fourth-order valence-corrected chi connectivity index (χ4v) is 5.68. The van der Waals surface area contributed by atoms with Gasteiger partial charge in [-0.2, -0.15) is 4.99 Å². The average molecular weight is 548 g/mol. The van der Waals surface area contributed by atoms with Crippen molar-refractivity contribution in [3.63, 3.8) is 0 Å². The van der Waals surface area contributed by atoms with Crippen LogP contribution in [0.5, 0.6) is 5.75 Å². The summed E-state index contributed by atoms with van der Waals surface area (Å²) in [7, 11) is 1.86. The van der Waals surface area contributed by atoms with Crippen LogP contribution in [0.2, 0.25) is 0 Å². The molecule has 3 aromatic rings. The maximum absolute atomic E-state index is 12.8. The lowest BCUT2D eigenvalue weighted by Crippen LogP contribution is -2.37. The lowest BCUT2D eigenvalue weighted by molar-refractivity contribution is -0.274. The van der Waals surface area contributed by atoms with E-state index >= 15 is 0 Å². The number of aliphatic hydroxyl groups is 1. The molecular formula is C26H28F3N5O3S. The van der Waals surface area contributed by atoms with Crippen LogP contribution in [0, 0.1) is 11.8 Å². The number of aromatic nitrogens is 1. The molecular weight excluding hydrogens is 519 g/mol. The molecule has 8 nitrogen and oxygen atoms in total. The van der Waals surface area contributed by atoms with Crippen LogP contribution in [0.25, 0.3) is 10.2 Å². The zero-order valence-electron chi connectivity index (χ0n) is 20.7. The Labute approximate surface area is 221 Å². The van der Waals surface area contributed by atoms with Crippen molar-refractivity contribution < 1.29 is 27.8 Å². The Morgan fingerprint density at radius 1 is 1.21 bits per heavy atom. The number of carbonyl (C=O) groups is 1. The van der Waals surface area contributed by atoms with Crippen molar-refractivity contribution in [2.75, 3.05) is 25.5 Å². The van der Waals surface area contributed by atoms with E-state index in [4.69, 9.17) is 0 Å². The van der Waals surface area contributed by atoms with Crippen LogP contribution in [-0.2, 0) is 6.54 Å². The van der Waals surface area contributed by atoms with Crippen LogP contribution in [0.4, 0.5) is 24.0 Å². The molecule has 1 aliphatic carbocycles. The predicted molar refractivity (Wildman–Crippen MR) is 140 cm³/mol. The number of anilines is 1. The number of ether oxygens (including phenoxy) is 1. The van der Waals surface area contributed by atoms with Crippen molar-refractivity contribution in [2.24, 2.45) is 16.8 Å². The van der Waals surface area contributed by atoms with Crippen molar-refractivity contribution in [2.45, 2.75) is 38.6 Å². The first-order valence-corrected chi connectivity index (χ1v) is 13.2. The number of nitrogens with zero attached hydrogens (tertiary/aromatic N) is 3. The van der Waals surface area contributed by atoms with Gasteiger partial charge in [0.1, 0.15) is 5.75 Å². The molecule has 1 fully saturated rings. The Morgan fingerprint density at radius 2 is 1.97 bits per heavy atom. The van der Waals surface area contributed by atoms with Gasteiger partial charge in [0, 0.05) is 44.1 Å². The summed E-state index contributed by atoms with van der Waals surface area (Å²) in [5, 5.41) is 16.0. The predicted octanol–water partition coefficient (Wildman–Crippen LogP) is 5.27. The number of benzene rings is 2. The minimum Gasteiger partial charge on any atom is -0.406 e. The number of hydrogen-bond acceptors (Lipinski definition) is 6. The number of nitrogens with one attached hydrogen (secondary N) is 2. The number of guanidine groups is 1. The second-order valence-corrected chi connectivity index (χ2v) is 10.8. The highest BCUT2D eigenvalue weighted by atomic mass is 32.1. The molecule has 2 aliphatic rings. The second kappa shape index (κ2) is 10.8. The molecule has 0 bridgehead atoms. The SMILES string of the molecule is CN1Cc2ccc(C(=O)NCC3CCC(CO)CC3)cc2NC1=Nc1nc2ccc(OC(F)(F)F)cc2s1. The van der Waals surface area contributed by atoms with Crippen molar-refractivity contribution >= 4 is 44.2 Å². The molecule has 5 rings (SSSR count). The van der Waals surface area contributed by atoms with Gasteiger partial charge >= 0.3 is 6.36 Å². The fourth-order valence-electron chi connectivity index (χ4n) is 4.82. The van der Waals surface area contributed by atoms with Gasteiger partial charge in [-0.3, -0.25) is 4.79 Å². The number of alkyl halides is 3. The molecule has 0 unspecified atom stereocenters. The van der Waals surface area contributed by atoms with Gasteiger partial charge in [-0.1, -0.05) is 17.4 Å². The van der Waals surface area contributed by atoms with Gasteiger partial charge in [0.25, 0.3) is 5.91 Å². The molecule has 12 heteroatoms. The summed E-state index contributed by atoms with van der Waals surface area (Å²) >= 11 is 1.15. The topological polar surface area (TPSA) is 99.1 Å². The van der Waals surface area contributed by atoms with Crippen molar-refractivity contribution in [3.05, 3.63) is 47.5 Å². The van der Waals surface area contributed by atoms with Crippen molar-refractivity contribution in [3.8, 4) is 5.75 Å². The van der Waals surface area contributed by atoms with Gasteiger partial charge in [0.05, 0.1) is 10.2 Å². The monoisotopic (exact) mass is 547 g/mol. The summed E-state index contributed by atoms with van der Waals surface area (Å²) in [5.41, 5.74) is 2.83. The highest BCUT2D eigenvalue weighted by Crippen LogP contribution is 2.34. The van der Waals surface area contributed by atoms with E-state index in [0.717, 1.165) is 48.3 Å². The zero-order valence-corrected chi connectivity index (χ0v) is 21.5. The van der Waals surface area contributed by atoms with E-state index in [1.807, 2.05) is 24.1 Å². The molecule has 3 N–H and O–H groups in total.